The second-order valence-corrected chi connectivity index (χ2v) is 30.7. The summed E-state index contributed by atoms with van der Waals surface area (Å²) in [6, 6.07) is 0. The normalized spacial score (nSPS) is 14.3. The van der Waals surface area contributed by atoms with Gasteiger partial charge in [0.25, 0.3) is 0 Å². The average molecular weight is 1380 g/mol. The summed E-state index contributed by atoms with van der Waals surface area (Å²) in [5.74, 6) is -0.511. The summed E-state index contributed by atoms with van der Waals surface area (Å²) in [7, 11) is -9.91. The van der Waals surface area contributed by atoms with E-state index in [1.165, 1.54) is 205 Å². The van der Waals surface area contributed by atoms with Crippen LogP contribution >= 0.6 is 15.6 Å². The van der Waals surface area contributed by atoms with Crippen LogP contribution in [-0.2, 0) is 65.4 Å². The quantitative estimate of drug-likeness (QED) is 0.0222. The summed E-state index contributed by atoms with van der Waals surface area (Å²) in [4.78, 5) is 72.8. The van der Waals surface area contributed by atoms with Gasteiger partial charge in [-0.1, -0.05) is 337 Å². The smallest absolute Gasteiger partial charge is 0.462 e. The third kappa shape index (κ3) is 67.3. The molecule has 0 aliphatic carbocycles. The molecule has 0 aromatic rings. The molecule has 0 aromatic carbocycles. The first-order valence-electron chi connectivity index (χ1n) is 39.0. The molecule has 0 fully saturated rings. The number of ether oxygens (including phenoxy) is 4. The molecule has 0 aliphatic rings. The molecule has 0 aliphatic heterocycles. The van der Waals surface area contributed by atoms with Gasteiger partial charge in [0, 0.05) is 25.7 Å². The molecular weight excluding hydrogens is 1230 g/mol. The van der Waals surface area contributed by atoms with E-state index in [4.69, 9.17) is 37.0 Å². The van der Waals surface area contributed by atoms with Gasteiger partial charge in [0.1, 0.15) is 19.3 Å². The highest BCUT2D eigenvalue weighted by atomic mass is 31.2. The lowest BCUT2D eigenvalue weighted by Crippen LogP contribution is -2.30. The molecular formula is C75H146O17P2. The van der Waals surface area contributed by atoms with E-state index >= 15 is 0 Å². The Morgan fingerprint density at radius 2 is 0.543 bits per heavy atom. The first-order valence-corrected chi connectivity index (χ1v) is 42.0. The maximum atomic E-state index is 13.1. The Bertz CT molecular complexity index is 1820. The molecule has 558 valence electrons. The number of hydrogen-bond donors (Lipinski definition) is 3. The predicted octanol–water partition coefficient (Wildman–Crippen LogP) is 21.9. The summed E-state index contributed by atoms with van der Waals surface area (Å²) < 4.78 is 68.5. The summed E-state index contributed by atoms with van der Waals surface area (Å²) in [6.45, 7) is 9.64. The largest absolute Gasteiger partial charge is 0.472 e. The highest BCUT2D eigenvalue weighted by molar-refractivity contribution is 7.47. The van der Waals surface area contributed by atoms with Crippen molar-refractivity contribution in [3.8, 4) is 0 Å². The van der Waals surface area contributed by atoms with Gasteiger partial charge < -0.3 is 33.8 Å². The van der Waals surface area contributed by atoms with E-state index in [1.807, 2.05) is 0 Å². The Balaban J connectivity index is 5.24. The average Bonchev–Trinajstić information content (AvgIpc) is 1.68. The Kier molecular flexibility index (Phi) is 65.5. The molecule has 0 heterocycles. The van der Waals surface area contributed by atoms with Gasteiger partial charge in [0.15, 0.2) is 12.2 Å². The van der Waals surface area contributed by atoms with Crippen LogP contribution in [0, 0.1) is 11.8 Å². The Hall–Kier alpha value is -1.94. The molecule has 0 amide bonds. The molecule has 94 heavy (non-hydrogen) atoms. The number of aliphatic hydroxyl groups excluding tert-OH is 1. The van der Waals surface area contributed by atoms with E-state index in [2.05, 4.69) is 41.5 Å². The van der Waals surface area contributed by atoms with E-state index in [9.17, 15) is 43.2 Å². The number of carbonyl (C=O) groups excluding carboxylic acids is 4. The van der Waals surface area contributed by atoms with E-state index in [-0.39, 0.29) is 25.7 Å². The standard InChI is InChI=1S/C75H146O17P2/c1-7-10-12-14-16-18-20-27-35-41-47-53-59-74(79)91-70(63-85-72(77)57-51-45-39-33-25-19-17-15-13-11-8-2)65-89-93(81,82)87-61-69(76)62-88-94(83,84)90-66-71(64-86-73(78)58-52-46-40-34-30-29-31-37-43-49-55-67(4)5)92-75(80)60-54-48-42-36-28-24-22-21-23-26-32-38-44-50-56-68(6)9-3/h67-71,76H,7-66H2,1-6H3,(H,81,82)(H,83,84)/t68?,69-,70+,71+/m0/s1. The predicted molar refractivity (Wildman–Crippen MR) is 381 cm³/mol. The van der Waals surface area contributed by atoms with Crippen molar-refractivity contribution in [2.24, 2.45) is 11.8 Å². The number of aliphatic hydroxyl groups is 1. The Morgan fingerprint density at radius 1 is 0.309 bits per heavy atom. The van der Waals surface area contributed by atoms with Crippen LogP contribution in [0.5, 0.6) is 0 Å². The fraction of sp³-hybridized carbons (Fsp3) is 0.947. The van der Waals surface area contributed by atoms with Gasteiger partial charge in [-0.05, 0) is 37.5 Å². The zero-order chi connectivity index (χ0) is 69.3. The maximum absolute atomic E-state index is 13.1. The van der Waals surface area contributed by atoms with Gasteiger partial charge in [-0.25, -0.2) is 9.13 Å². The molecule has 0 saturated carbocycles. The second-order valence-electron chi connectivity index (χ2n) is 27.8. The zero-order valence-corrected chi connectivity index (χ0v) is 63.1. The summed E-state index contributed by atoms with van der Waals surface area (Å²) in [5.41, 5.74) is 0. The lowest BCUT2D eigenvalue weighted by atomic mass is 9.99. The van der Waals surface area contributed by atoms with Crippen molar-refractivity contribution in [3.05, 3.63) is 0 Å². The van der Waals surface area contributed by atoms with Gasteiger partial charge >= 0.3 is 39.5 Å². The number of phosphoric ester groups is 2. The molecule has 0 rings (SSSR count). The molecule has 17 nitrogen and oxygen atoms in total. The summed E-state index contributed by atoms with van der Waals surface area (Å²) >= 11 is 0. The number of unbranched alkanes of at least 4 members (excludes halogenated alkanes) is 43. The third-order valence-corrected chi connectivity index (χ3v) is 19.7. The van der Waals surface area contributed by atoms with E-state index in [1.54, 1.807) is 0 Å². The van der Waals surface area contributed by atoms with E-state index in [0.717, 1.165) is 102 Å². The zero-order valence-electron chi connectivity index (χ0n) is 61.3. The van der Waals surface area contributed by atoms with Crippen molar-refractivity contribution >= 4 is 39.5 Å². The second kappa shape index (κ2) is 66.9. The van der Waals surface area contributed by atoms with Crippen LogP contribution in [0.1, 0.15) is 388 Å². The van der Waals surface area contributed by atoms with Gasteiger partial charge in [0.2, 0.25) is 0 Å². The monoisotopic (exact) mass is 1380 g/mol. The van der Waals surface area contributed by atoms with Crippen molar-refractivity contribution in [2.75, 3.05) is 39.6 Å². The van der Waals surface area contributed by atoms with Crippen molar-refractivity contribution in [1.29, 1.82) is 0 Å². The Morgan fingerprint density at radius 3 is 0.809 bits per heavy atom. The molecule has 0 saturated heterocycles. The lowest BCUT2D eigenvalue weighted by molar-refractivity contribution is -0.161. The SMILES string of the molecule is CCCCCCCCCCCCCCC(=O)O[C@H](COC(=O)CCCCCCCCCCCCC)COP(=O)(O)OC[C@H](O)COP(=O)(O)OC[C@@H](COC(=O)CCCCCCCCCCCCC(C)C)OC(=O)CCCCCCCCCCCCCCCCC(C)CC. The van der Waals surface area contributed by atoms with Gasteiger partial charge in [0.05, 0.1) is 26.4 Å². The van der Waals surface area contributed by atoms with Crippen LogP contribution in [0.25, 0.3) is 0 Å². The first kappa shape index (κ1) is 92.1. The Labute approximate surface area is 575 Å². The molecule has 0 aromatic heterocycles. The van der Waals surface area contributed by atoms with Crippen LogP contribution in [-0.4, -0.2) is 96.7 Å². The number of rotatable bonds is 74. The number of phosphoric acid groups is 2. The molecule has 6 atom stereocenters. The molecule has 3 unspecified atom stereocenters. The molecule has 0 spiro atoms. The fourth-order valence-corrected chi connectivity index (χ4v) is 13.0. The lowest BCUT2D eigenvalue weighted by Gasteiger charge is -2.21. The topological polar surface area (TPSA) is 237 Å². The van der Waals surface area contributed by atoms with Crippen molar-refractivity contribution in [1.82, 2.24) is 0 Å². The number of carbonyl (C=O) groups is 4. The third-order valence-electron chi connectivity index (χ3n) is 17.8. The minimum absolute atomic E-state index is 0.108. The van der Waals surface area contributed by atoms with E-state index < -0.39 is 97.5 Å². The number of hydrogen-bond acceptors (Lipinski definition) is 15. The van der Waals surface area contributed by atoms with Gasteiger partial charge in [-0.15, -0.1) is 0 Å². The van der Waals surface area contributed by atoms with E-state index in [0.29, 0.717) is 25.7 Å². The van der Waals surface area contributed by atoms with Crippen LogP contribution in [0.2, 0.25) is 0 Å². The van der Waals surface area contributed by atoms with Crippen molar-refractivity contribution < 1.29 is 80.2 Å². The van der Waals surface area contributed by atoms with Crippen LogP contribution in [0.3, 0.4) is 0 Å². The van der Waals surface area contributed by atoms with Crippen LogP contribution in [0.15, 0.2) is 0 Å². The summed E-state index contributed by atoms with van der Waals surface area (Å²) in [5, 5.41) is 10.6. The fourth-order valence-electron chi connectivity index (χ4n) is 11.4. The highest BCUT2D eigenvalue weighted by Crippen LogP contribution is 2.45. The minimum Gasteiger partial charge on any atom is -0.462 e. The van der Waals surface area contributed by atoms with Crippen LogP contribution in [0.4, 0.5) is 0 Å². The molecule has 19 heteroatoms. The molecule has 3 N–H and O–H groups in total. The van der Waals surface area contributed by atoms with Crippen molar-refractivity contribution in [3.63, 3.8) is 0 Å². The van der Waals surface area contributed by atoms with Crippen molar-refractivity contribution in [2.45, 2.75) is 407 Å². The van der Waals surface area contributed by atoms with Crippen LogP contribution < -0.4 is 0 Å². The summed E-state index contributed by atoms with van der Waals surface area (Å²) in [6.07, 6.45) is 53.9. The first-order chi connectivity index (χ1) is 45.4. The minimum atomic E-state index is -4.96. The number of esters is 4. The van der Waals surface area contributed by atoms with Gasteiger partial charge in [-0.3, -0.25) is 37.3 Å². The highest BCUT2D eigenvalue weighted by Gasteiger charge is 2.30. The molecule has 0 bridgehead atoms. The molecule has 0 radical (unpaired) electrons. The maximum Gasteiger partial charge on any atom is 0.472 e. The van der Waals surface area contributed by atoms with Gasteiger partial charge in [-0.2, -0.15) is 0 Å².